The highest BCUT2D eigenvalue weighted by Gasteiger charge is 2.21. The van der Waals surface area contributed by atoms with Crippen molar-refractivity contribution in [2.24, 2.45) is 0 Å². The molecule has 0 fully saturated rings. The number of halogens is 2. The van der Waals surface area contributed by atoms with Gasteiger partial charge in [0, 0.05) is 10.0 Å². The van der Waals surface area contributed by atoms with E-state index < -0.39 is 11.9 Å². The highest BCUT2D eigenvalue weighted by molar-refractivity contribution is 9.11. The molecule has 0 N–H and O–H groups in total. The van der Waals surface area contributed by atoms with Gasteiger partial charge in [0.25, 0.3) is 0 Å². The summed E-state index contributed by atoms with van der Waals surface area (Å²) in [6.45, 7) is 2.49. The summed E-state index contributed by atoms with van der Waals surface area (Å²) in [5.74, 6) is -1.01. The topological polar surface area (TPSA) is 61.8 Å². The number of rotatable bonds is 6. The maximum atomic E-state index is 11.8. The Balaban J connectivity index is 3.40. The van der Waals surface area contributed by atoms with Gasteiger partial charge in [-0.15, -0.1) is 0 Å². The molecule has 0 aromatic heterocycles. The number of carbonyl (C=O) groups is 2. The number of hydrogen-bond donors (Lipinski definition) is 0. The Bertz CT molecular complexity index is 578. The maximum Gasteiger partial charge on any atom is 0.345 e. The molecule has 0 amide bonds. The van der Waals surface area contributed by atoms with E-state index in [4.69, 9.17) is 4.74 Å². The zero-order valence-electron chi connectivity index (χ0n) is 12.4. The lowest BCUT2D eigenvalue weighted by Gasteiger charge is -2.12. The van der Waals surface area contributed by atoms with Gasteiger partial charge in [0.15, 0.2) is 0 Å². The molecule has 1 aromatic carbocycles. The lowest BCUT2D eigenvalue weighted by molar-refractivity contribution is -0.143. The molecule has 0 saturated carbocycles. The van der Waals surface area contributed by atoms with Gasteiger partial charge >= 0.3 is 11.9 Å². The van der Waals surface area contributed by atoms with Gasteiger partial charge in [0.05, 0.1) is 25.3 Å². The van der Waals surface area contributed by atoms with Crippen LogP contribution < -0.4 is 4.74 Å². The molecule has 0 spiro atoms. The number of esters is 2. The zero-order valence-corrected chi connectivity index (χ0v) is 15.6. The van der Waals surface area contributed by atoms with Gasteiger partial charge in [-0.05, 0) is 40.6 Å². The first-order valence-electron chi connectivity index (χ1n) is 6.44. The second-order valence-corrected chi connectivity index (χ2v) is 5.97. The first-order chi connectivity index (χ1) is 10.4. The quantitative estimate of drug-likeness (QED) is 0.295. The van der Waals surface area contributed by atoms with Gasteiger partial charge in [-0.2, -0.15) is 0 Å². The maximum absolute atomic E-state index is 11.8. The van der Waals surface area contributed by atoms with Gasteiger partial charge in [-0.25, -0.2) is 9.59 Å². The summed E-state index contributed by atoms with van der Waals surface area (Å²) >= 11 is 6.78. The first kappa shape index (κ1) is 18.7. The smallest absolute Gasteiger partial charge is 0.345 e. The van der Waals surface area contributed by atoms with Gasteiger partial charge in [-0.3, -0.25) is 0 Å². The van der Waals surface area contributed by atoms with Crippen molar-refractivity contribution in [2.75, 3.05) is 20.8 Å². The van der Waals surface area contributed by atoms with Gasteiger partial charge in [0.2, 0.25) is 0 Å². The average molecular weight is 436 g/mol. The van der Waals surface area contributed by atoms with Gasteiger partial charge < -0.3 is 14.2 Å². The van der Waals surface area contributed by atoms with E-state index in [9.17, 15) is 9.59 Å². The van der Waals surface area contributed by atoms with Crippen LogP contribution in [0.15, 0.2) is 26.7 Å². The molecule has 0 aliphatic carbocycles. The largest absolute Gasteiger partial charge is 0.492 e. The summed E-state index contributed by atoms with van der Waals surface area (Å²) < 4.78 is 16.4. The van der Waals surface area contributed by atoms with Crippen LogP contribution in [0.25, 0.3) is 6.08 Å². The number of methoxy groups -OCH3 is 2. The van der Waals surface area contributed by atoms with Crippen molar-refractivity contribution in [3.8, 4) is 5.75 Å². The number of hydrogen-bond acceptors (Lipinski definition) is 5. The first-order valence-corrected chi connectivity index (χ1v) is 8.03. The molecule has 120 valence electrons. The summed E-state index contributed by atoms with van der Waals surface area (Å²) in [5, 5.41) is 0. The van der Waals surface area contributed by atoms with Gasteiger partial charge in [-0.1, -0.05) is 22.9 Å². The second-order valence-electron chi connectivity index (χ2n) is 4.20. The highest BCUT2D eigenvalue weighted by Crippen LogP contribution is 2.34. The Kier molecular flexibility index (Phi) is 7.61. The van der Waals surface area contributed by atoms with Crippen LogP contribution in [0.3, 0.4) is 0 Å². The molecular formula is C15H16Br2O5. The lowest BCUT2D eigenvalue weighted by Crippen LogP contribution is -2.15. The minimum absolute atomic E-state index is 0.212. The van der Waals surface area contributed by atoms with Gasteiger partial charge in [0.1, 0.15) is 11.3 Å². The zero-order chi connectivity index (χ0) is 16.7. The van der Waals surface area contributed by atoms with Crippen molar-refractivity contribution < 1.29 is 23.8 Å². The third kappa shape index (κ3) is 4.84. The number of benzene rings is 1. The van der Waals surface area contributed by atoms with E-state index in [2.05, 4.69) is 41.3 Å². The van der Waals surface area contributed by atoms with Crippen LogP contribution in [0, 0.1) is 0 Å². The molecule has 1 aromatic rings. The van der Waals surface area contributed by atoms with Crippen molar-refractivity contribution in [3.05, 3.63) is 32.2 Å². The minimum Gasteiger partial charge on any atom is -0.492 e. The van der Waals surface area contributed by atoms with Crippen molar-refractivity contribution in [1.29, 1.82) is 0 Å². The molecular weight excluding hydrogens is 420 g/mol. The monoisotopic (exact) mass is 434 g/mol. The average Bonchev–Trinajstić information content (AvgIpc) is 2.50. The molecule has 0 radical (unpaired) electrons. The lowest BCUT2D eigenvalue weighted by atomic mass is 10.1. The molecule has 7 heteroatoms. The van der Waals surface area contributed by atoms with Crippen molar-refractivity contribution in [1.82, 2.24) is 0 Å². The van der Waals surface area contributed by atoms with Crippen molar-refractivity contribution >= 4 is 49.9 Å². The molecule has 0 aliphatic heterocycles. The fraction of sp³-hybridized carbons (Fsp3) is 0.333. The number of carbonyl (C=O) groups excluding carboxylic acids is 2. The SMILES string of the molecule is CCCOc1c(Br)cc(Br)cc1C=C(C(=O)OC)C(=O)OC. The van der Waals surface area contributed by atoms with Crippen molar-refractivity contribution in [3.63, 3.8) is 0 Å². The molecule has 0 bridgehead atoms. The van der Waals surface area contributed by atoms with E-state index in [-0.39, 0.29) is 5.57 Å². The Morgan fingerprint density at radius 2 is 1.73 bits per heavy atom. The van der Waals surface area contributed by atoms with E-state index in [1.807, 2.05) is 13.0 Å². The molecule has 0 unspecified atom stereocenters. The molecule has 0 atom stereocenters. The minimum atomic E-state index is -0.774. The third-order valence-electron chi connectivity index (χ3n) is 2.60. The Hall–Kier alpha value is -1.34. The Morgan fingerprint density at radius 3 is 2.23 bits per heavy atom. The predicted molar refractivity (Wildman–Crippen MR) is 89.6 cm³/mol. The Labute approximate surface area is 145 Å². The van der Waals surface area contributed by atoms with Crippen LogP contribution in [-0.2, 0) is 19.1 Å². The predicted octanol–water partition coefficient (Wildman–Crippen LogP) is 3.73. The standard InChI is InChI=1S/C15H16Br2O5/c1-4-5-22-13-9(6-10(16)8-12(13)17)7-11(14(18)20-2)15(19)21-3/h6-8H,4-5H2,1-3H3. The van der Waals surface area contributed by atoms with Crippen molar-refractivity contribution in [2.45, 2.75) is 13.3 Å². The van der Waals surface area contributed by atoms with Crippen LogP contribution >= 0.6 is 31.9 Å². The van der Waals surface area contributed by atoms with E-state index in [0.717, 1.165) is 10.9 Å². The molecule has 1 rings (SSSR count). The summed E-state index contributed by atoms with van der Waals surface area (Å²) in [6.07, 6.45) is 2.21. The fourth-order valence-electron chi connectivity index (χ4n) is 1.62. The number of ether oxygens (including phenoxy) is 3. The summed E-state index contributed by atoms with van der Waals surface area (Å²) in [6, 6.07) is 3.56. The van der Waals surface area contributed by atoms with Crippen LogP contribution in [0.5, 0.6) is 5.75 Å². The Morgan fingerprint density at radius 1 is 1.14 bits per heavy atom. The molecule has 22 heavy (non-hydrogen) atoms. The van der Waals surface area contributed by atoms with Crippen LogP contribution in [0.4, 0.5) is 0 Å². The van der Waals surface area contributed by atoms with Crippen LogP contribution in [0.2, 0.25) is 0 Å². The molecule has 0 heterocycles. The van der Waals surface area contributed by atoms with E-state index in [1.165, 1.54) is 20.3 Å². The fourth-order valence-corrected chi connectivity index (χ4v) is 2.99. The van der Waals surface area contributed by atoms with E-state index in [0.29, 0.717) is 22.4 Å². The molecule has 5 nitrogen and oxygen atoms in total. The normalized spacial score (nSPS) is 9.86. The second kappa shape index (κ2) is 8.95. The summed E-state index contributed by atoms with van der Waals surface area (Å²) in [7, 11) is 2.40. The van der Waals surface area contributed by atoms with E-state index in [1.54, 1.807) is 6.07 Å². The summed E-state index contributed by atoms with van der Waals surface area (Å²) in [4.78, 5) is 23.5. The summed E-state index contributed by atoms with van der Waals surface area (Å²) in [5.41, 5.74) is 0.344. The molecule has 0 saturated heterocycles. The third-order valence-corrected chi connectivity index (χ3v) is 3.64. The molecule has 0 aliphatic rings. The van der Waals surface area contributed by atoms with Crippen LogP contribution in [-0.4, -0.2) is 32.8 Å². The van der Waals surface area contributed by atoms with E-state index >= 15 is 0 Å². The highest BCUT2D eigenvalue weighted by atomic mass is 79.9. The van der Waals surface area contributed by atoms with Crippen LogP contribution in [0.1, 0.15) is 18.9 Å².